The van der Waals surface area contributed by atoms with E-state index in [9.17, 15) is 9.18 Å². The van der Waals surface area contributed by atoms with Gasteiger partial charge in [-0.05, 0) is 24.6 Å². The Morgan fingerprint density at radius 1 is 1.30 bits per heavy atom. The minimum absolute atomic E-state index is 0.0156. The molecule has 0 atom stereocenters. The Balaban J connectivity index is 2.46. The second-order valence-corrected chi connectivity index (χ2v) is 5.21. The molecular formula is C15H21FN2OS. The van der Waals surface area contributed by atoms with Crippen LogP contribution in [0.3, 0.4) is 0 Å². The van der Waals surface area contributed by atoms with Crippen LogP contribution < -0.4 is 11.1 Å². The fourth-order valence-electron chi connectivity index (χ4n) is 1.90. The molecule has 0 unspecified atom stereocenters. The maximum atomic E-state index is 13.4. The van der Waals surface area contributed by atoms with Crippen LogP contribution in [-0.2, 0) is 4.79 Å². The van der Waals surface area contributed by atoms with Gasteiger partial charge >= 0.3 is 0 Å². The zero-order valence-corrected chi connectivity index (χ0v) is 12.6. The highest BCUT2D eigenvalue weighted by Gasteiger charge is 2.08. The van der Waals surface area contributed by atoms with Gasteiger partial charge in [0.05, 0.1) is 0 Å². The van der Waals surface area contributed by atoms with Crippen molar-refractivity contribution in [3.8, 4) is 0 Å². The van der Waals surface area contributed by atoms with E-state index in [1.807, 2.05) is 0 Å². The molecule has 1 aromatic rings. The molecular weight excluding hydrogens is 275 g/mol. The summed E-state index contributed by atoms with van der Waals surface area (Å²) in [7, 11) is 0. The molecule has 0 aromatic heterocycles. The van der Waals surface area contributed by atoms with Crippen molar-refractivity contribution in [3.05, 3.63) is 29.6 Å². The molecule has 0 saturated heterocycles. The van der Waals surface area contributed by atoms with E-state index in [4.69, 9.17) is 18.0 Å². The van der Waals surface area contributed by atoms with Crippen molar-refractivity contribution < 1.29 is 9.18 Å². The van der Waals surface area contributed by atoms with E-state index >= 15 is 0 Å². The van der Waals surface area contributed by atoms with E-state index in [1.54, 1.807) is 0 Å². The fraction of sp³-hybridized carbons (Fsp3) is 0.467. The van der Waals surface area contributed by atoms with Gasteiger partial charge in [0.2, 0.25) is 5.91 Å². The van der Waals surface area contributed by atoms with Gasteiger partial charge in [-0.1, -0.05) is 44.8 Å². The molecule has 0 aliphatic rings. The van der Waals surface area contributed by atoms with E-state index < -0.39 is 5.82 Å². The van der Waals surface area contributed by atoms with Crippen molar-refractivity contribution in [1.29, 1.82) is 0 Å². The van der Waals surface area contributed by atoms with Crippen molar-refractivity contribution in [2.75, 3.05) is 5.32 Å². The normalized spacial score (nSPS) is 10.3. The molecule has 20 heavy (non-hydrogen) atoms. The first-order valence-electron chi connectivity index (χ1n) is 6.93. The molecule has 3 N–H and O–H groups in total. The van der Waals surface area contributed by atoms with Crippen LogP contribution in [0.2, 0.25) is 0 Å². The van der Waals surface area contributed by atoms with Gasteiger partial charge in [0, 0.05) is 17.7 Å². The maximum Gasteiger partial charge on any atom is 0.224 e. The number of hydrogen-bond donors (Lipinski definition) is 2. The molecule has 110 valence electrons. The summed E-state index contributed by atoms with van der Waals surface area (Å²) in [5.41, 5.74) is 6.09. The van der Waals surface area contributed by atoms with Crippen LogP contribution in [0.25, 0.3) is 0 Å². The first kappa shape index (κ1) is 16.6. The van der Waals surface area contributed by atoms with Gasteiger partial charge in [0.15, 0.2) is 0 Å². The van der Waals surface area contributed by atoms with Gasteiger partial charge in [-0.2, -0.15) is 0 Å². The van der Waals surface area contributed by atoms with Crippen molar-refractivity contribution in [3.63, 3.8) is 0 Å². The Morgan fingerprint density at radius 2 is 2.00 bits per heavy atom. The summed E-state index contributed by atoms with van der Waals surface area (Å²) in [5.74, 6) is -0.544. The van der Waals surface area contributed by atoms with Gasteiger partial charge in [-0.3, -0.25) is 4.79 Å². The maximum absolute atomic E-state index is 13.4. The lowest BCUT2D eigenvalue weighted by molar-refractivity contribution is -0.116. The molecule has 0 fully saturated rings. The third-order valence-electron chi connectivity index (χ3n) is 3.02. The highest BCUT2D eigenvalue weighted by molar-refractivity contribution is 7.80. The highest BCUT2D eigenvalue weighted by Crippen LogP contribution is 2.15. The SMILES string of the molecule is CCCCCCCC(=O)Nc1ccc(F)c(C(N)=S)c1. The minimum Gasteiger partial charge on any atom is -0.389 e. The molecule has 1 amide bonds. The molecule has 1 aromatic carbocycles. The Hall–Kier alpha value is -1.49. The minimum atomic E-state index is -0.477. The number of rotatable bonds is 8. The number of nitrogens with one attached hydrogen (secondary N) is 1. The largest absolute Gasteiger partial charge is 0.389 e. The van der Waals surface area contributed by atoms with Gasteiger partial charge in [-0.15, -0.1) is 0 Å². The summed E-state index contributed by atoms with van der Waals surface area (Å²) in [6.07, 6.45) is 5.95. The fourth-order valence-corrected chi connectivity index (χ4v) is 2.06. The number of unbranched alkanes of at least 4 members (excludes halogenated alkanes) is 4. The Morgan fingerprint density at radius 3 is 2.65 bits per heavy atom. The molecule has 0 radical (unpaired) electrons. The standard InChI is InChI=1S/C15H21FN2OS/c1-2-3-4-5-6-7-14(19)18-11-8-9-13(16)12(10-11)15(17)20/h8-10H,2-7H2,1H3,(H2,17,20)(H,18,19). The van der Waals surface area contributed by atoms with Crippen LogP contribution in [0.1, 0.15) is 51.0 Å². The number of amides is 1. The molecule has 1 rings (SSSR count). The number of carbonyl (C=O) groups excluding carboxylic acids is 1. The molecule has 0 saturated carbocycles. The number of thiocarbonyl (C=S) groups is 1. The molecule has 3 nitrogen and oxygen atoms in total. The third kappa shape index (κ3) is 5.65. The lowest BCUT2D eigenvalue weighted by Crippen LogP contribution is -2.15. The van der Waals surface area contributed by atoms with Gasteiger partial charge in [-0.25, -0.2) is 4.39 Å². The smallest absolute Gasteiger partial charge is 0.224 e. The number of anilines is 1. The van der Waals surface area contributed by atoms with Crippen molar-refractivity contribution >= 4 is 28.8 Å². The van der Waals surface area contributed by atoms with Crippen LogP contribution in [-0.4, -0.2) is 10.9 Å². The van der Waals surface area contributed by atoms with Crippen LogP contribution in [0.15, 0.2) is 18.2 Å². The topological polar surface area (TPSA) is 55.1 Å². The van der Waals surface area contributed by atoms with Crippen LogP contribution in [0, 0.1) is 5.82 Å². The van der Waals surface area contributed by atoms with Crippen molar-refractivity contribution in [2.24, 2.45) is 5.73 Å². The summed E-state index contributed by atoms with van der Waals surface area (Å²) < 4.78 is 13.4. The number of nitrogens with two attached hydrogens (primary N) is 1. The average Bonchev–Trinajstić information content (AvgIpc) is 2.40. The molecule has 5 heteroatoms. The van der Waals surface area contributed by atoms with Gasteiger partial charge in [0.1, 0.15) is 10.8 Å². The van der Waals surface area contributed by atoms with Gasteiger partial charge in [0.25, 0.3) is 0 Å². The lowest BCUT2D eigenvalue weighted by atomic mass is 10.1. The summed E-state index contributed by atoms with van der Waals surface area (Å²) in [6.45, 7) is 2.15. The number of halogens is 1. The lowest BCUT2D eigenvalue weighted by Gasteiger charge is -2.08. The summed E-state index contributed by atoms with van der Waals surface area (Å²) in [4.78, 5) is 11.7. The Bertz CT molecular complexity index is 477. The van der Waals surface area contributed by atoms with Crippen LogP contribution in [0.5, 0.6) is 0 Å². The van der Waals surface area contributed by atoms with Crippen LogP contribution >= 0.6 is 12.2 Å². The summed E-state index contributed by atoms with van der Waals surface area (Å²) in [5, 5.41) is 2.73. The van der Waals surface area contributed by atoms with E-state index in [0.29, 0.717) is 12.1 Å². The quantitative estimate of drug-likeness (QED) is 0.567. The molecule has 0 aliphatic heterocycles. The van der Waals surface area contributed by atoms with E-state index in [2.05, 4.69) is 12.2 Å². The average molecular weight is 296 g/mol. The van der Waals surface area contributed by atoms with Crippen molar-refractivity contribution in [1.82, 2.24) is 0 Å². The highest BCUT2D eigenvalue weighted by atomic mass is 32.1. The van der Waals surface area contributed by atoms with Gasteiger partial charge < -0.3 is 11.1 Å². The first-order chi connectivity index (χ1) is 9.54. The summed E-state index contributed by atoms with van der Waals surface area (Å²) in [6, 6.07) is 4.23. The van der Waals surface area contributed by atoms with Crippen molar-refractivity contribution in [2.45, 2.75) is 45.4 Å². The number of benzene rings is 1. The third-order valence-corrected chi connectivity index (χ3v) is 3.24. The first-order valence-corrected chi connectivity index (χ1v) is 7.34. The Labute approximate surface area is 124 Å². The second-order valence-electron chi connectivity index (χ2n) is 4.77. The monoisotopic (exact) mass is 296 g/mol. The second kappa shape index (κ2) is 8.64. The van der Waals surface area contributed by atoms with E-state index in [0.717, 1.165) is 19.3 Å². The van der Waals surface area contributed by atoms with Crippen LogP contribution in [0.4, 0.5) is 10.1 Å². The predicted octanol–water partition coefficient (Wildman–Crippen LogP) is 3.76. The molecule has 0 heterocycles. The van der Waals surface area contributed by atoms with E-state index in [1.165, 1.54) is 31.0 Å². The predicted molar refractivity (Wildman–Crippen MR) is 84.3 cm³/mol. The molecule has 0 spiro atoms. The van der Waals surface area contributed by atoms with E-state index in [-0.39, 0.29) is 16.5 Å². The molecule has 0 aliphatic carbocycles. The Kier molecular flexibility index (Phi) is 7.15. The number of hydrogen-bond acceptors (Lipinski definition) is 2. The zero-order valence-electron chi connectivity index (χ0n) is 11.7. The zero-order chi connectivity index (χ0) is 15.0. The number of carbonyl (C=O) groups is 1. The summed E-state index contributed by atoms with van der Waals surface area (Å²) >= 11 is 4.76. The molecule has 0 bridgehead atoms.